The van der Waals surface area contributed by atoms with Crippen LogP contribution in [0.15, 0.2) is 48.5 Å². The van der Waals surface area contributed by atoms with Gasteiger partial charge in [0.05, 0.1) is 35.9 Å². The fourth-order valence-electron chi connectivity index (χ4n) is 8.01. The van der Waals surface area contributed by atoms with Gasteiger partial charge in [0.25, 0.3) is 0 Å². The summed E-state index contributed by atoms with van der Waals surface area (Å²) in [5, 5.41) is 20.3. The predicted molar refractivity (Wildman–Crippen MR) is 189 cm³/mol. The molecule has 0 saturated heterocycles. The van der Waals surface area contributed by atoms with Gasteiger partial charge < -0.3 is 29.5 Å². The Morgan fingerprint density at radius 2 is 0.900 bits per heavy atom. The van der Waals surface area contributed by atoms with Gasteiger partial charge in [-0.2, -0.15) is 0 Å². The second-order valence-corrected chi connectivity index (χ2v) is 14.3. The molecule has 272 valence electrons. The highest BCUT2D eigenvalue weighted by molar-refractivity contribution is 5.99. The lowest BCUT2D eigenvalue weighted by atomic mass is 9.55. The first-order chi connectivity index (χ1) is 24.2. The molecule has 2 aromatic carbocycles. The molecule has 10 heteroatoms. The van der Waals surface area contributed by atoms with Crippen molar-refractivity contribution in [1.29, 1.82) is 0 Å². The highest BCUT2D eigenvalue weighted by Gasteiger charge is 2.64. The number of ether oxygens (including phenoxy) is 2. The quantitative estimate of drug-likeness (QED) is 0.194. The van der Waals surface area contributed by atoms with Gasteiger partial charge in [0, 0.05) is 26.2 Å². The average Bonchev–Trinajstić information content (AvgIpc) is 3.09. The molecule has 2 aromatic rings. The molecule has 2 amide bonds. The van der Waals surface area contributed by atoms with E-state index in [1.54, 1.807) is 9.80 Å². The van der Waals surface area contributed by atoms with Crippen molar-refractivity contribution in [2.45, 2.75) is 116 Å². The van der Waals surface area contributed by atoms with Gasteiger partial charge in [-0.1, -0.05) is 51.0 Å². The highest BCUT2D eigenvalue weighted by atomic mass is 16.5. The molecule has 0 aliphatic heterocycles. The number of carbonyl (C=O) groups excluding carboxylic acids is 2. The van der Waals surface area contributed by atoms with Crippen LogP contribution in [0.5, 0.6) is 11.5 Å². The number of hydrogen-bond acceptors (Lipinski definition) is 6. The zero-order valence-electron chi connectivity index (χ0n) is 29.6. The van der Waals surface area contributed by atoms with Gasteiger partial charge in [0.15, 0.2) is 0 Å². The Bertz CT molecular complexity index is 1320. The smallest absolute Gasteiger partial charge is 0.308 e. The fourth-order valence-corrected chi connectivity index (χ4v) is 8.01. The lowest BCUT2D eigenvalue weighted by Crippen LogP contribution is -2.64. The number of carboxylic acids is 2. The molecule has 0 bridgehead atoms. The Labute approximate surface area is 296 Å². The van der Waals surface area contributed by atoms with Crippen molar-refractivity contribution in [2.24, 2.45) is 23.7 Å². The van der Waals surface area contributed by atoms with Crippen LogP contribution in [0.4, 0.5) is 0 Å². The van der Waals surface area contributed by atoms with Crippen LogP contribution in [-0.2, 0) is 32.3 Å². The lowest BCUT2D eigenvalue weighted by molar-refractivity contribution is -0.187. The second kappa shape index (κ2) is 17.7. The maximum Gasteiger partial charge on any atom is 0.308 e. The first-order valence-electron chi connectivity index (χ1n) is 18.7. The van der Waals surface area contributed by atoms with Crippen LogP contribution < -0.4 is 9.47 Å². The van der Waals surface area contributed by atoms with E-state index in [0.717, 1.165) is 48.3 Å². The molecule has 2 N–H and O–H groups in total. The number of rotatable bonds is 16. The molecule has 4 atom stereocenters. The molecule has 3 aliphatic rings. The zero-order valence-corrected chi connectivity index (χ0v) is 29.6. The maximum absolute atomic E-state index is 14.2. The SMILES string of the molecule is CCCN(Cc1ccc(OC2CCCCC2)cc1)C(=O)[C@H]1[C@@H](C(=O)O)[C@H](C(=O)O)[C@@H]1C(=O)N(CCC)Cc1ccc(OC2CCCCC2)cc1. The van der Waals surface area contributed by atoms with E-state index in [1.807, 2.05) is 62.4 Å². The van der Waals surface area contributed by atoms with Crippen LogP contribution in [0.2, 0.25) is 0 Å². The molecule has 5 rings (SSSR count). The van der Waals surface area contributed by atoms with Gasteiger partial charge >= 0.3 is 11.9 Å². The summed E-state index contributed by atoms with van der Waals surface area (Å²) in [6.45, 7) is 4.96. The van der Waals surface area contributed by atoms with Gasteiger partial charge in [0.1, 0.15) is 11.5 Å². The van der Waals surface area contributed by atoms with Gasteiger partial charge in [-0.15, -0.1) is 0 Å². The second-order valence-electron chi connectivity index (χ2n) is 14.3. The third-order valence-electron chi connectivity index (χ3n) is 10.6. The summed E-state index contributed by atoms with van der Waals surface area (Å²) >= 11 is 0. The van der Waals surface area contributed by atoms with Gasteiger partial charge in [-0.3, -0.25) is 19.2 Å². The summed E-state index contributed by atoms with van der Waals surface area (Å²) in [6.07, 6.45) is 13.0. The summed E-state index contributed by atoms with van der Waals surface area (Å²) in [7, 11) is 0. The van der Waals surface area contributed by atoms with Gasteiger partial charge in [0.2, 0.25) is 11.8 Å². The van der Waals surface area contributed by atoms with E-state index in [4.69, 9.17) is 9.47 Å². The molecule has 0 aromatic heterocycles. The Kier molecular flexibility index (Phi) is 13.2. The van der Waals surface area contributed by atoms with Crippen LogP contribution in [0.1, 0.15) is 102 Å². The minimum Gasteiger partial charge on any atom is -0.490 e. The Balaban J connectivity index is 1.31. The van der Waals surface area contributed by atoms with Crippen molar-refractivity contribution in [2.75, 3.05) is 13.1 Å². The normalized spacial score (nSPS) is 22.6. The molecular formula is C40H54N2O8. The minimum atomic E-state index is -1.50. The molecular weight excluding hydrogens is 636 g/mol. The molecule has 0 spiro atoms. The average molecular weight is 691 g/mol. The maximum atomic E-state index is 14.2. The summed E-state index contributed by atoms with van der Waals surface area (Å²) in [4.78, 5) is 56.6. The fraction of sp³-hybridized carbons (Fsp3) is 0.600. The lowest BCUT2D eigenvalue weighted by Gasteiger charge is -2.48. The zero-order chi connectivity index (χ0) is 35.6. The van der Waals surface area contributed by atoms with E-state index in [9.17, 15) is 29.4 Å². The first-order valence-corrected chi connectivity index (χ1v) is 18.7. The topological polar surface area (TPSA) is 134 Å². The van der Waals surface area contributed by atoms with E-state index >= 15 is 0 Å². The molecule has 0 unspecified atom stereocenters. The summed E-state index contributed by atoms with van der Waals surface area (Å²) in [5.74, 6) is -7.78. The minimum absolute atomic E-state index is 0.211. The first kappa shape index (κ1) is 37.2. The third-order valence-corrected chi connectivity index (χ3v) is 10.6. The summed E-state index contributed by atoms with van der Waals surface area (Å²) in [5.41, 5.74) is 1.69. The molecule has 50 heavy (non-hydrogen) atoms. The van der Waals surface area contributed by atoms with Crippen molar-refractivity contribution < 1.29 is 38.9 Å². The largest absolute Gasteiger partial charge is 0.490 e. The molecule has 0 heterocycles. The number of benzene rings is 2. The summed E-state index contributed by atoms with van der Waals surface area (Å²) < 4.78 is 12.3. The number of hydrogen-bond donors (Lipinski definition) is 2. The molecule has 10 nitrogen and oxygen atoms in total. The molecule has 3 aliphatic carbocycles. The highest BCUT2D eigenvalue weighted by Crippen LogP contribution is 2.49. The van der Waals surface area contributed by atoms with E-state index in [1.165, 1.54) is 38.5 Å². The predicted octanol–water partition coefficient (Wildman–Crippen LogP) is 6.93. The van der Waals surface area contributed by atoms with Crippen LogP contribution in [0, 0.1) is 23.7 Å². The standard InChI is InChI=1S/C40H54N2O8/c1-3-23-41(25-27-15-19-31(20-16-27)49-29-11-7-5-8-12-29)37(43)33-34(36(40(47)48)35(33)39(45)46)38(44)42(24-4-2)26-28-17-21-32(22-18-28)50-30-13-9-6-10-14-30/h15-22,29-30,33-36H,3-14,23-26H2,1-2H3,(H,45,46)(H,47,48)/t33-,34-,35-,36-/m1/s1. The number of carbonyl (C=O) groups is 4. The van der Waals surface area contributed by atoms with E-state index in [2.05, 4.69) is 0 Å². The van der Waals surface area contributed by atoms with Crippen molar-refractivity contribution in [1.82, 2.24) is 9.80 Å². The Hall–Kier alpha value is -4.08. The number of carboxylic acid groups (broad SMARTS) is 2. The van der Waals surface area contributed by atoms with Crippen molar-refractivity contribution in [3.63, 3.8) is 0 Å². The molecule has 3 saturated carbocycles. The Morgan fingerprint density at radius 3 is 1.20 bits per heavy atom. The molecule has 0 radical (unpaired) electrons. The third kappa shape index (κ3) is 9.17. The number of nitrogens with zero attached hydrogens (tertiary/aromatic N) is 2. The van der Waals surface area contributed by atoms with Crippen molar-refractivity contribution in [3.8, 4) is 11.5 Å². The number of aliphatic carboxylic acids is 2. The molecule has 3 fully saturated rings. The van der Waals surface area contributed by atoms with Gasteiger partial charge in [-0.05, 0) is 99.6 Å². The van der Waals surface area contributed by atoms with Crippen molar-refractivity contribution in [3.05, 3.63) is 59.7 Å². The monoisotopic (exact) mass is 690 g/mol. The van der Waals surface area contributed by atoms with E-state index < -0.39 is 47.4 Å². The van der Waals surface area contributed by atoms with E-state index in [-0.39, 0.29) is 25.3 Å². The van der Waals surface area contributed by atoms with Crippen LogP contribution in [0.3, 0.4) is 0 Å². The van der Waals surface area contributed by atoms with Crippen LogP contribution >= 0.6 is 0 Å². The van der Waals surface area contributed by atoms with Crippen molar-refractivity contribution >= 4 is 23.8 Å². The van der Waals surface area contributed by atoms with Crippen LogP contribution in [0.25, 0.3) is 0 Å². The van der Waals surface area contributed by atoms with Crippen LogP contribution in [-0.4, -0.2) is 69.1 Å². The van der Waals surface area contributed by atoms with E-state index in [0.29, 0.717) is 25.9 Å². The summed E-state index contributed by atoms with van der Waals surface area (Å²) in [6, 6.07) is 15.2. The number of amides is 2. The van der Waals surface area contributed by atoms with Gasteiger partial charge in [-0.25, -0.2) is 0 Å². The Morgan fingerprint density at radius 1 is 0.560 bits per heavy atom.